The van der Waals surface area contributed by atoms with Crippen molar-refractivity contribution >= 4 is 28.1 Å². The van der Waals surface area contributed by atoms with Crippen molar-refractivity contribution in [1.82, 2.24) is 4.98 Å². The number of nitrogens with two attached hydrogens (primary N) is 1. The summed E-state index contributed by atoms with van der Waals surface area (Å²) in [6.07, 6.45) is 4.22. The van der Waals surface area contributed by atoms with E-state index in [1.54, 1.807) is 6.20 Å². The number of benzene rings is 1. The van der Waals surface area contributed by atoms with Crippen LogP contribution < -0.4 is 16.2 Å². The number of carbonyl (C=O) groups excluding carboxylic acids is 1. The first kappa shape index (κ1) is 13.1. The van der Waals surface area contributed by atoms with Crippen LogP contribution in [0.4, 0.5) is 10.8 Å². The molecule has 0 saturated carbocycles. The number of nitrogens with zero attached hydrogens (tertiary/aromatic N) is 2. The number of aromatic nitrogens is 1. The fourth-order valence-electron chi connectivity index (χ4n) is 2.46. The van der Waals surface area contributed by atoms with E-state index >= 15 is 0 Å². The first-order valence-corrected chi connectivity index (χ1v) is 7.39. The van der Waals surface area contributed by atoms with Crippen LogP contribution in [-0.4, -0.2) is 10.9 Å². The van der Waals surface area contributed by atoms with Gasteiger partial charge < -0.3 is 4.90 Å². The number of aryl methyl sites for hydroxylation is 1. The molecule has 3 N–H and O–H groups in total. The lowest BCUT2D eigenvalue weighted by Crippen LogP contribution is -2.29. The van der Waals surface area contributed by atoms with Gasteiger partial charge in [0.15, 0.2) is 5.13 Å². The molecule has 1 aliphatic rings. The predicted molar refractivity (Wildman–Crippen MR) is 80.5 cm³/mol. The molecular formula is C14H16N4OS. The van der Waals surface area contributed by atoms with E-state index in [4.69, 9.17) is 5.84 Å². The van der Waals surface area contributed by atoms with Crippen molar-refractivity contribution in [2.45, 2.75) is 25.8 Å². The van der Waals surface area contributed by atoms with Crippen molar-refractivity contribution < 1.29 is 4.79 Å². The Bertz CT molecular complexity index is 625. The van der Waals surface area contributed by atoms with Crippen LogP contribution in [0.2, 0.25) is 0 Å². The monoisotopic (exact) mass is 288 g/mol. The number of carbonyl (C=O) groups is 1. The molecule has 20 heavy (non-hydrogen) atoms. The van der Waals surface area contributed by atoms with Crippen molar-refractivity contribution in [2.24, 2.45) is 5.84 Å². The van der Waals surface area contributed by atoms with Crippen LogP contribution in [0.1, 0.15) is 23.3 Å². The number of amides is 1. The Morgan fingerprint density at radius 1 is 1.35 bits per heavy atom. The molecule has 0 aliphatic carbocycles. The van der Waals surface area contributed by atoms with Crippen LogP contribution in [-0.2, 0) is 17.8 Å². The molecule has 6 heteroatoms. The third kappa shape index (κ3) is 2.52. The zero-order valence-electron chi connectivity index (χ0n) is 11.0. The van der Waals surface area contributed by atoms with Crippen LogP contribution in [0.3, 0.4) is 0 Å². The summed E-state index contributed by atoms with van der Waals surface area (Å²) in [5.74, 6) is 5.51. The number of para-hydroxylation sites is 1. The number of hydrazine groups is 1. The molecule has 1 aromatic carbocycles. The Kier molecular flexibility index (Phi) is 3.66. The average Bonchev–Trinajstić information content (AvgIpc) is 2.87. The van der Waals surface area contributed by atoms with Crippen molar-refractivity contribution in [3.63, 3.8) is 0 Å². The Morgan fingerprint density at radius 2 is 2.20 bits per heavy atom. The summed E-state index contributed by atoms with van der Waals surface area (Å²) in [5, 5.41) is 0.663. The van der Waals surface area contributed by atoms with Crippen molar-refractivity contribution in [3.8, 4) is 0 Å². The second kappa shape index (κ2) is 5.60. The first-order chi connectivity index (χ1) is 9.78. The van der Waals surface area contributed by atoms with Gasteiger partial charge in [0, 0.05) is 23.2 Å². The maximum absolute atomic E-state index is 12.3. The highest BCUT2D eigenvalue weighted by Gasteiger charge is 2.22. The van der Waals surface area contributed by atoms with E-state index in [-0.39, 0.29) is 5.91 Å². The van der Waals surface area contributed by atoms with Gasteiger partial charge in [-0.15, -0.1) is 0 Å². The van der Waals surface area contributed by atoms with E-state index in [0.29, 0.717) is 18.1 Å². The molecule has 0 bridgehead atoms. The summed E-state index contributed by atoms with van der Waals surface area (Å²) >= 11 is 1.47. The molecule has 0 atom stereocenters. The van der Waals surface area contributed by atoms with Crippen LogP contribution in [0.25, 0.3) is 0 Å². The summed E-state index contributed by atoms with van der Waals surface area (Å²) in [6.45, 7) is 0.551. The Morgan fingerprint density at radius 3 is 3.00 bits per heavy atom. The van der Waals surface area contributed by atoms with Gasteiger partial charge in [-0.25, -0.2) is 10.8 Å². The van der Waals surface area contributed by atoms with E-state index in [9.17, 15) is 4.79 Å². The van der Waals surface area contributed by atoms with E-state index in [2.05, 4.69) is 16.5 Å². The number of thiazole rings is 1. The Hall–Kier alpha value is -1.92. The minimum atomic E-state index is 0.172. The maximum atomic E-state index is 12.3. The second-order valence-corrected chi connectivity index (χ2v) is 5.85. The third-order valence-electron chi connectivity index (χ3n) is 3.41. The van der Waals surface area contributed by atoms with E-state index in [1.165, 1.54) is 16.9 Å². The van der Waals surface area contributed by atoms with Crippen molar-refractivity contribution in [1.29, 1.82) is 0 Å². The van der Waals surface area contributed by atoms with Crippen LogP contribution in [0.5, 0.6) is 0 Å². The van der Waals surface area contributed by atoms with Crippen molar-refractivity contribution in [3.05, 3.63) is 40.9 Å². The van der Waals surface area contributed by atoms with Gasteiger partial charge in [0.05, 0.1) is 6.54 Å². The zero-order chi connectivity index (χ0) is 13.9. The molecule has 3 rings (SSSR count). The summed E-state index contributed by atoms with van der Waals surface area (Å²) in [5.41, 5.74) is 4.79. The number of hydrogen-bond donors (Lipinski definition) is 2. The normalized spacial score (nSPS) is 14.8. The van der Waals surface area contributed by atoms with Gasteiger partial charge in [-0.1, -0.05) is 29.5 Å². The number of nitrogens with one attached hydrogen (secondary N) is 1. The molecule has 5 nitrogen and oxygen atoms in total. The van der Waals surface area contributed by atoms with Crippen molar-refractivity contribution in [2.75, 3.05) is 10.3 Å². The average molecular weight is 288 g/mol. The number of nitrogen functional groups attached to an aromatic ring is 1. The largest absolute Gasteiger partial charge is 0.307 e. The minimum Gasteiger partial charge on any atom is -0.307 e. The SMILES string of the molecule is NNc1ncc(CN2C(=O)CCCc3ccccc32)s1. The highest BCUT2D eigenvalue weighted by Crippen LogP contribution is 2.29. The number of hydrogen-bond acceptors (Lipinski definition) is 5. The topological polar surface area (TPSA) is 71.2 Å². The quantitative estimate of drug-likeness (QED) is 0.671. The summed E-state index contributed by atoms with van der Waals surface area (Å²) in [4.78, 5) is 19.4. The molecule has 0 unspecified atom stereocenters. The second-order valence-electron chi connectivity index (χ2n) is 4.74. The lowest BCUT2D eigenvalue weighted by Gasteiger charge is -2.22. The smallest absolute Gasteiger partial charge is 0.227 e. The van der Waals surface area contributed by atoms with Gasteiger partial charge >= 0.3 is 0 Å². The lowest BCUT2D eigenvalue weighted by molar-refractivity contribution is -0.118. The van der Waals surface area contributed by atoms with Gasteiger partial charge in [-0.3, -0.25) is 10.2 Å². The molecular weight excluding hydrogens is 272 g/mol. The lowest BCUT2D eigenvalue weighted by atomic mass is 10.1. The van der Waals surface area contributed by atoms with Crippen LogP contribution in [0.15, 0.2) is 30.5 Å². The summed E-state index contributed by atoms with van der Waals surface area (Å²) in [7, 11) is 0. The molecule has 0 radical (unpaired) electrons. The molecule has 0 spiro atoms. The zero-order valence-corrected chi connectivity index (χ0v) is 11.8. The Labute approximate surface area is 121 Å². The molecule has 2 heterocycles. The summed E-state index contributed by atoms with van der Waals surface area (Å²) < 4.78 is 0. The number of rotatable bonds is 3. The highest BCUT2D eigenvalue weighted by molar-refractivity contribution is 7.15. The van der Waals surface area contributed by atoms with Gasteiger partial charge in [0.25, 0.3) is 0 Å². The minimum absolute atomic E-state index is 0.172. The predicted octanol–water partition coefficient (Wildman–Crippen LogP) is 2.30. The van der Waals surface area contributed by atoms with Crippen LogP contribution in [0, 0.1) is 0 Å². The molecule has 0 fully saturated rings. The van der Waals surface area contributed by atoms with Gasteiger partial charge in [0.2, 0.25) is 5.91 Å². The summed E-state index contributed by atoms with van der Waals surface area (Å²) in [6, 6.07) is 8.11. The van der Waals surface area contributed by atoms with E-state index in [1.807, 2.05) is 23.1 Å². The van der Waals surface area contributed by atoms with Gasteiger partial charge in [-0.05, 0) is 24.5 Å². The fourth-order valence-corrected chi connectivity index (χ4v) is 3.17. The number of anilines is 2. The number of fused-ring (bicyclic) bond motifs is 1. The maximum Gasteiger partial charge on any atom is 0.227 e. The third-order valence-corrected chi connectivity index (χ3v) is 4.32. The molecule has 1 aromatic heterocycles. The highest BCUT2D eigenvalue weighted by atomic mass is 32.1. The van der Waals surface area contributed by atoms with Gasteiger partial charge in [0.1, 0.15) is 0 Å². The first-order valence-electron chi connectivity index (χ1n) is 6.57. The van der Waals surface area contributed by atoms with E-state index < -0.39 is 0 Å². The molecule has 0 saturated heterocycles. The van der Waals surface area contributed by atoms with E-state index in [0.717, 1.165) is 23.4 Å². The standard InChI is InChI=1S/C14H16N4OS/c15-17-14-16-8-11(20-14)9-18-12-6-2-1-4-10(12)5-3-7-13(18)19/h1-2,4,6,8H,3,5,7,9,15H2,(H,16,17). The molecule has 1 aliphatic heterocycles. The molecule has 1 amide bonds. The molecule has 2 aromatic rings. The van der Waals surface area contributed by atoms with Crippen LogP contribution >= 0.6 is 11.3 Å². The van der Waals surface area contributed by atoms with Gasteiger partial charge in [-0.2, -0.15) is 0 Å². The fraction of sp³-hybridized carbons (Fsp3) is 0.286. The molecule has 104 valence electrons. The Balaban J connectivity index is 1.91.